The number of fused-ring (bicyclic) bond motifs is 1. The van der Waals surface area contributed by atoms with Gasteiger partial charge in [0.15, 0.2) is 5.76 Å². The molecule has 1 atom stereocenters. The molecule has 1 aliphatic heterocycles. The van der Waals surface area contributed by atoms with E-state index in [1.807, 2.05) is 6.07 Å². The molecule has 0 aliphatic carbocycles. The molecule has 0 fully saturated rings. The van der Waals surface area contributed by atoms with Gasteiger partial charge in [-0.3, -0.25) is 19.4 Å². The van der Waals surface area contributed by atoms with Crippen LogP contribution < -0.4 is 0 Å². The van der Waals surface area contributed by atoms with Crippen molar-refractivity contribution in [1.29, 1.82) is 0 Å². The van der Waals surface area contributed by atoms with Gasteiger partial charge >= 0.3 is 0 Å². The maximum Gasteiger partial charge on any atom is 0.289 e. The Balaban J connectivity index is 1.93. The first kappa shape index (κ1) is 15.2. The summed E-state index contributed by atoms with van der Waals surface area (Å²) in [6, 6.07) is 6.94. The van der Waals surface area contributed by atoms with Crippen LogP contribution in [0.1, 0.15) is 27.7 Å². The van der Waals surface area contributed by atoms with Crippen LogP contribution in [0.5, 0.6) is 0 Å². The van der Waals surface area contributed by atoms with Crippen LogP contribution in [0.4, 0.5) is 0 Å². The third-order valence-electron chi connectivity index (χ3n) is 3.92. The van der Waals surface area contributed by atoms with Crippen LogP contribution in [-0.4, -0.2) is 47.5 Å². The standard InChI is InChI=1S/C16H17N3O4/c1-18(22-2)15(20)12-10-19(16(21)13-6-4-8-23-13)9-11-5-3-7-17-14(11)12/h3-8,12H,9-10H2,1-2H3. The van der Waals surface area contributed by atoms with Crippen molar-refractivity contribution in [2.75, 3.05) is 20.7 Å². The zero-order chi connectivity index (χ0) is 16.4. The lowest BCUT2D eigenvalue weighted by Gasteiger charge is -2.33. The first-order valence-corrected chi connectivity index (χ1v) is 7.20. The third kappa shape index (κ3) is 2.83. The number of aromatic nitrogens is 1. The fraction of sp³-hybridized carbons (Fsp3) is 0.312. The average Bonchev–Trinajstić information content (AvgIpc) is 3.13. The molecule has 0 spiro atoms. The Morgan fingerprint density at radius 1 is 1.39 bits per heavy atom. The van der Waals surface area contributed by atoms with Gasteiger partial charge in [-0.15, -0.1) is 0 Å². The van der Waals surface area contributed by atoms with E-state index in [2.05, 4.69) is 4.98 Å². The molecule has 0 bridgehead atoms. The topological polar surface area (TPSA) is 75.9 Å². The largest absolute Gasteiger partial charge is 0.459 e. The van der Waals surface area contributed by atoms with Crippen LogP contribution in [0.15, 0.2) is 41.1 Å². The number of rotatable bonds is 3. The lowest BCUT2D eigenvalue weighted by molar-refractivity contribution is -0.171. The summed E-state index contributed by atoms with van der Waals surface area (Å²) in [6.45, 7) is 0.624. The van der Waals surface area contributed by atoms with Crippen molar-refractivity contribution in [2.45, 2.75) is 12.5 Å². The molecule has 23 heavy (non-hydrogen) atoms. The molecule has 0 N–H and O–H groups in total. The number of carbonyl (C=O) groups excluding carboxylic acids is 2. The lowest BCUT2D eigenvalue weighted by atomic mass is 9.93. The normalized spacial score (nSPS) is 16.8. The Hall–Kier alpha value is -2.67. The highest BCUT2D eigenvalue weighted by Crippen LogP contribution is 2.29. The minimum atomic E-state index is -0.566. The minimum absolute atomic E-state index is 0.232. The van der Waals surface area contributed by atoms with Gasteiger partial charge in [-0.05, 0) is 23.8 Å². The fourth-order valence-electron chi connectivity index (χ4n) is 2.69. The van der Waals surface area contributed by atoms with Crippen LogP contribution in [0, 0.1) is 0 Å². The molecule has 3 heterocycles. The van der Waals surface area contributed by atoms with Gasteiger partial charge < -0.3 is 9.32 Å². The maximum atomic E-state index is 12.5. The molecular formula is C16H17N3O4. The zero-order valence-corrected chi connectivity index (χ0v) is 12.9. The van der Waals surface area contributed by atoms with E-state index in [1.165, 1.54) is 20.4 Å². The van der Waals surface area contributed by atoms with Gasteiger partial charge in [-0.1, -0.05) is 6.07 Å². The smallest absolute Gasteiger partial charge is 0.289 e. The van der Waals surface area contributed by atoms with E-state index in [0.717, 1.165) is 10.6 Å². The fourth-order valence-corrected chi connectivity index (χ4v) is 2.69. The summed E-state index contributed by atoms with van der Waals surface area (Å²) < 4.78 is 5.17. The predicted octanol–water partition coefficient (Wildman–Crippen LogP) is 1.43. The SMILES string of the molecule is CON(C)C(=O)C1CN(C(=O)c2ccco2)Cc2cccnc21. The number of hydrogen-bond acceptors (Lipinski definition) is 5. The molecule has 0 radical (unpaired) electrons. The van der Waals surface area contributed by atoms with Crippen molar-refractivity contribution in [2.24, 2.45) is 0 Å². The van der Waals surface area contributed by atoms with Gasteiger partial charge in [-0.25, -0.2) is 5.06 Å². The number of carbonyl (C=O) groups is 2. The predicted molar refractivity (Wildman–Crippen MR) is 80.2 cm³/mol. The molecular weight excluding hydrogens is 298 g/mol. The van der Waals surface area contributed by atoms with E-state index in [-0.39, 0.29) is 24.1 Å². The molecule has 0 aromatic carbocycles. The van der Waals surface area contributed by atoms with E-state index in [1.54, 1.807) is 29.3 Å². The quantitative estimate of drug-likeness (QED) is 0.801. The molecule has 7 nitrogen and oxygen atoms in total. The number of pyridine rings is 1. The van der Waals surface area contributed by atoms with Gasteiger partial charge in [0.1, 0.15) is 5.92 Å². The summed E-state index contributed by atoms with van der Waals surface area (Å²) in [7, 11) is 2.96. The number of furan rings is 1. The first-order chi connectivity index (χ1) is 11.1. The zero-order valence-electron chi connectivity index (χ0n) is 12.9. The van der Waals surface area contributed by atoms with Gasteiger partial charge in [0.25, 0.3) is 11.8 Å². The second-order valence-electron chi connectivity index (χ2n) is 5.28. The Bertz CT molecular complexity index is 714. The van der Waals surface area contributed by atoms with Crippen molar-refractivity contribution >= 4 is 11.8 Å². The third-order valence-corrected chi connectivity index (χ3v) is 3.92. The van der Waals surface area contributed by atoms with Crippen molar-refractivity contribution in [3.05, 3.63) is 53.7 Å². The van der Waals surface area contributed by atoms with Gasteiger partial charge in [-0.2, -0.15) is 0 Å². The summed E-state index contributed by atoms with van der Waals surface area (Å²) in [4.78, 5) is 36.0. The van der Waals surface area contributed by atoms with E-state index < -0.39 is 5.92 Å². The average molecular weight is 315 g/mol. The van der Waals surface area contributed by atoms with E-state index in [9.17, 15) is 9.59 Å². The monoisotopic (exact) mass is 315 g/mol. The number of hydroxylamine groups is 2. The molecule has 2 aromatic heterocycles. The first-order valence-electron chi connectivity index (χ1n) is 7.20. The Kier molecular flexibility index (Phi) is 4.12. The molecule has 2 amide bonds. The summed E-state index contributed by atoms with van der Waals surface area (Å²) in [5, 5.41) is 1.16. The van der Waals surface area contributed by atoms with Crippen molar-refractivity contribution in [3.8, 4) is 0 Å². The summed E-state index contributed by atoms with van der Waals surface area (Å²) >= 11 is 0. The van der Waals surface area contributed by atoms with E-state index >= 15 is 0 Å². The number of nitrogens with zero attached hydrogens (tertiary/aromatic N) is 3. The molecule has 0 saturated heterocycles. The number of amides is 2. The summed E-state index contributed by atoms with van der Waals surface area (Å²) in [5.41, 5.74) is 1.53. The highest BCUT2D eigenvalue weighted by Gasteiger charge is 2.36. The molecule has 120 valence electrons. The van der Waals surface area contributed by atoms with E-state index in [0.29, 0.717) is 12.2 Å². The summed E-state index contributed by atoms with van der Waals surface area (Å²) in [6.07, 6.45) is 3.10. The van der Waals surface area contributed by atoms with Crippen molar-refractivity contribution in [1.82, 2.24) is 14.9 Å². The Morgan fingerprint density at radius 3 is 2.91 bits per heavy atom. The van der Waals surface area contributed by atoms with Crippen LogP contribution in [-0.2, 0) is 16.2 Å². The summed E-state index contributed by atoms with van der Waals surface area (Å²) in [5.74, 6) is -0.806. The minimum Gasteiger partial charge on any atom is -0.459 e. The van der Waals surface area contributed by atoms with Crippen LogP contribution in [0.2, 0.25) is 0 Å². The Labute approximate surface area is 133 Å². The van der Waals surface area contributed by atoms with Crippen LogP contribution >= 0.6 is 0 Å². The highest BCUT2D eigenvalue weighted by atomic mass is 16.7. The van der Waals surface area contributed by atoms with Crippen molar-refractivity contribution < 1.29 is 18.8 Å². The lowest BCUT2D eigenvalue weighted by Crippen LogP contribution is -2.44. The van der Waals surface area contributed by atoms with Crippen molar-refractivity contribution in [3.63, 3.8) is 0 Å². The van der Waals surface area contributed by atoms with Gasteiger partial charge in [0, 0.05) is 26.3 Å². The van der Waals surface area contributed by atoms with Crippen LogP contribution in [0.3, 0.4) is 0 Å². The molecule has 1 aliphatic rings. The molecule has 0 saturated carbocycles. The molecule has 3 rings (SSSR count). The van der Waals surface area contributed by atoms with Gasteiger partial charge in [0.05, 0.1) is 19.1 Å². The number of hydrogen-bond donors (Lipinski definition) is 0. The second kappa shape index (κ2) is 6.21. The van der Waals surface area contributed by atoms with E-state index in [4.69, 9.17) is 9.25 Å². The van der Waals surface area contributed by atoms with Gasteiger partial charge in [0.2, 0.25) is 0 Å². The molecule has 7 heteroatoms. The molecule has 2 aromatic rings. The van der Waals surface area contributed by atoms with Crippen LogP contribution in [0.25, 0.3) is 0 Å². The highest BCUT2D eigenvalue weighted by molar-refractivity contribution is 5.92. The number of likely N-dealkylation sites (N-methyl/N-ethyl adjacent to an activating group) is 1. The second-order valence-corrected chi connectivity index (χ2v) is 5.28. The molecule has 1 unspecified atom stereocenters. The Morgan fingerprint density at radius 2 is 2.22 bits per heavy atom. The maximum absolute atomic E-state index is 12.5.